The fraction of sp³-hybridized carbons (Fsp3) is 0.308. The number of aryl methyl sites for hydroxylation is 3. The summed E-state index contributed by atoms with van der Waals surface area (Å²) < 4.78 is 13.0. The maximum atomic E-state index is 13.4. The number of rotatable bonds is 6. The topological polar surface area (TPSA) is 106 Å². The van der Waals surface area contributed by atoms with Crippen LogP contribution in [0.25, 0.3) is 11.7 Å². The lowest BCUT2D eigenvalue weighted by atomic mass is 10.1. The van der Waals surface area contributed by atoms with E-state index in [0.717, 1.165) is 29.5 Å². The van der Waals surface area contributed by atoms with E-state index in [1.807, 2.05) is 51.1 Å². The Bertz CT molecular complexity index is 1360. The third kappa shape index (κ3) is 5.00. The fourth-order valence-corrected chi connectivity index (χ4v) is 4.00. The van der Waals surface area contributed by atoms with E-state index < -0.39 is 11.5 Å². The maximum Gasteiger partial charge on any atom is 0.269 e. The standard InChI is InChI=1S/C26H26N4O4/c1-16-10-17(2)12-21(11-16)34-25-22(26(32)30-8-4-6-18(3)23(30)29-25)13-19(14-27)24(31)28-15-20-7-5-9-33-20/h4,6,8,10-13,20H,5,7,9,15H2,1-3H3,(H,28,31)/b19-13+. The zero-order chi connectivity index (χ0) is 24.2. The van der Waals surface area contributed by atoms with Crippen molar-refractivity contribution in [2.45, 2.75) is 39.7 Å². The zero-order valence-electron chi connectivity index (χ0n) is 19.4. The molecule has 1 amide bonds. The summed E-state index contributed by atoms with van der Waals surface area (Å²) in [7, 11) is 0. The summed E-state index contributed by atoms with van der Waals surface area (Å²) in [6.07, 6.45) is 4.57. The number of nitrogens with zero attached hydrogens (tertiary/aromatic N) is 3. The number of carbonyl (C=O) groups is 1. The van der Waals surface area contributed by atoms with E-state index in [1.165, 1.54) is 10.5 Å². The largest absolute Gasteiger partial charge is 0.438 e. The molecule has 1 fully saturated rings. The van der Waals surface area contributed by atoms with Gasteiger partial charge in [-0.3, -0.25) is 14.0 Å². The molecule has 8 nitrogen and oxygen atoms in total. The Morgan fingerprint density at radius 1 is 1.32 bits per heavy atom. The molecule has 0 spiro atoms. The first-order valence-electron chi connectivity index (χ1n) is 11.2. The second kappa shape index (κ2) is 9.89. The minimum Gasteiger partial charge on any atom is -0.438 e. The molecule has 1 aromatic carbocycles. The second-order valence-corrected chi connectivity index (χ2v) is 8.46. The van der Waals surface area contributed by atoms with Crippen LogP contribution in [-0.4, -0.2) is 34.5 Å². The van der Waals surface area contributed by atoms with Gasteiger partial charge in [0.05, 0.1) is 6.10 Å². The molecule has 0 radical (unpaired) electrons. The van der Waals surface area contributed by atoms with Gasteiger partial charge in [0.2, 0.25) is 5.88 Å². The highest BCUT2D eigenvalue weighted by Crippen LogP contribution is 2.26. The SMILES string of the molecule is Cc1cc(C)cc(Oc2nc3c(C)cccn3c(=O)c2/C=C(\C#N)C(=O)NCC2CCCO2)c1. The maximum absolute atomic E-state index is 13.4. The molecule has 0 bridgehead atoms. The minimum absolute atomic E-state index is 0.0195. The predicted molar refractivity (Wildman–Crippen MR) is 128 cm³/mol. The Morgan fingerprint density at radius 2 is 2.09 bits per heavy atom. The monoisotopic (exact) mass is 458 g/mol. The number of nitriles is 1. The molecule has 34 heavy (non-hydrogen) atoms. The van der Waals surface area contributed by atoms with Crippen LogP contribution in [0.5, 0.6) is 11.6 Å². The molecule has 0 aliphatic carbocycles. The number of carbonyl (C=O) groups excluding carboxylic acids is 1. The summed E-state index contributed by atoms with van der Waals surface area (Å²) in [6.45, 7) is 6.70. The first-order chi connectivity index (χ1) is 16.4. The lowest BCUT2D eigenvalue weighted by molar-refractivity contribution is -0.117. The van der Waals surface area contributed by atoms with E-state index in [9.17, 15) is 14.9 Å². The highest BCUT2D eigenvalue weighted by atomic mass is 16.5. The van der Waals surface area contributed by atoms with Crippen LogP contribution in [-0.2, 0) is 9.53 Å². The number of aromatic nitrogens is 2. The van der Waals surface area contributed by atoms with Crippen molar-refractivity contribution < 1.29 is 14.3 Å². The van der Waals surface area contributed by atoms with E-state index >= 15 is 0 Å². The van der Waals surface area contributed by atoms with Crippen LogP contribution < -0.4 is 15.6 Å². The highest BCUT2D eigenvalue weighted by molar-refractivity contribution is 6.01. The first kappa shape index (κ1) is 23.2. The van der Waals surface area contributed by atoms with Crippen molar-refractivity contribution in [1.82, 2.24) is 14.7 Å². The molecule has 1 unspecified atom stereocenters. The number of benzene rings is 1. The number of ether oxygens (including phenoxy) is 2. The number of nitrogens with one attached hydrogen (secondary N) is 1. The van der Waals surface area contributed by atoms with Crippen LogP contribution in [0, 0.1) is 32.1 Å². The molecule has 1 atom stereocenters. The van der Waals surface area contributed by atoms with Crippen molar-refractivity contribution in [1.29, 1.82) is 5.26 Å². The van der Waals surface area contributed by atoms with Gasteiger partial charge in [0, 0.05) is 19.3 Å². The smallest absolute Gasteiger partial charge is 0.269 e. The molecule has 2 aromatic heterocycles. The summed E-state index contributed by atoms with van der Waals surface area (Å²) in [6, 6.07) is 11.2. The summed E-state index contributed by atoms with van der Waals surface area (Å²) in [5.74, 6) is -0.0357. The summed E-state index contributed by atoms with van der Waals surface area (Å²) in [5, 5.41) is 12.4. The predicted octanol–water partition coefficient (Wildman–Crippen LogP) is 3.61. The molecule has 1 N–H and O–H groups in total. The molecule has 1 aliphatic heterocycles. The van der Waals surface area contributed by atoms with Crippen LogP contribution in [0.1, 0.15) is 35.1 Å². The van der Waals surface area contributed by atoms with E-state index in [4.69, 9.17) is 9.47 Å². The van der Waals surface area contributed by atoms with E-state index in [0.29, 0.717) is 24.5 Å². The summed E-state index contributed by atoms with van der Waals surface area (Å²) >= 11 is 0. The third-order valence-corrected chi connectivity index (χ3v) is 5.63. The van der Waals surface area contributed by atoms with Crippen LogP contribution in [0.15, 0.2) is 46.9 Å². The van der Waals surface area contributed by atoms with Crippen molar-refractivity contribution >= 4 is 17.6 Å². The third-order valence-electron chi connectivity index (χ3n) is 5.63. The Hall–Kier alpha value is -3.96. The molecular formula is C26H26N4O4. The average molecular weight is 459 g/mol. The molecular weight excluding hydrogens is 432 g/mol. The van der Waals surface area contributed by atoms with Crippen molar-refractivity contribution in [3.05, 3.63) is 74.7 Å². The van der Waals surface area contributed by atoms with Crippen molar-refractivity contribution in [2.75, 3.05) is 13.2 Å². The highest BCUT2D eigenvalue weighted by Gasteiger charge is 2.20. The Labute approximate surface area is 197 Å². The summed E-state index contributed by atoms with van der Waals surface area (Å²) in [5.41, 5.74) is 2.58. The van der Waals surface area contributed by atoms with Gasteiger partial charge in [0.1, 0.15) is 28.6 Å². The van der Waals surface area contributed by atoms with Crippen LogP contribution in [0.2, 0.25) is 0 Å². The molecule has 3 heterocycles. The van der Waals surface area contributed by atoms with Gasteiger partial charge >= 0.3 is 0 Å². The average Bonchev–Trinajstić information content (AvgIpc) is 3.31. The lowest BCUT2D eigenvalue weighted by Gasteiger charge is -2.13. The van der Waals surface area contributed by atoms with Gasteiger partial charge in [-0.25, -0.2) is 0 Å². The number of hydrogen-bond donors (Lipinski definition) is 1. The number of fused-ring (bicyclic) bond motifs is 1. The molecule has 3 aromatic rings. The molecule has 174 valence electrons. The first-order valence-corrected chi connectivity index (χ1v) is 11.2. The fourth-order valence-electron chi connectivity index (χ4n) is 4.00. The molecule has 1 aliphatic rings. The van der Waals surface area contributed by atoms with Crippen LogP contribution in [0.3, 0.4) is 0 Å². The molecule has 0 saturated carbocycles. The van der Waals surface area contributed by atoms with Gasteiger partial charge in [-0.15, -0.1) is 0 Å². The van der Waals surface area contributed by atoms with E-state index in [1.54, 1.807) is 12.3 Å². The lowest BCUT2D eigenvalue weighted by Crippen LogP contribution is -2.32. The summed E-state index contributed by atoms with van der Waals surface area (Å²) in [4.78, 5) is 30.7. The van der Waals surface area contributed by atoms with E-state index in [2.05, 4.69) is 10.3 Å². The van der Waals surface area contributed by atoms with Gasteiger partial charge in [-0.2, -0.15) is 10.2 Å². The number of pyridine rings is 1. The van der Waals surface area contributed by atoms with Crippen LogP contribution in [0.4, 0.5) is 0 Å². The molecule has 1 saturated heterocycles. The number of amides is 1. The van der Waals surface area contributed by atoms with Crippen LogP contribution >= 0.6 is 0 Å². The van der Waals surface area contributed by atoms with E-state index in [-0.39, 0.29) is 23.1 Å². The quantitative estimate of drug-likeness (QED) is 0.447. The Kier molecular flexibility index (Phi) is 6.75. The zero-order valence-corrected chi connectivity index (χ0v) is 19.4. The second-order valence-electron chi connectivity index (χ2n) is 8.46. The van der Waals surface area contributed by atoms with Crippen molar-refractivity contribution in [3.8, 4) is 17.7 Å². The van der Waals surface area contributed by atoms with Gasteiger partial charge in [-0.05, 0) is 74.6 Å². The van der Waals surface area contributed by atoms with Crippen molar-refractivity contribution in [2.24, 2.45) is 0 Å². The van der Waals surface area contributed by atoms with Crippen molar-refractivity contribution in [3.63, 3.8) is 0 Å². The minimum atomic E-state index is -0.580. The molecule has 8 heteroatoms. The van der Waals surface area contributed by atoms with Gasteiger partial charge in [0.15, 0.2) is 0 Å². The molecule has 4 rings (SSSR count). The van der Waals surface area contributed by atoms with Gasteiger partial charge in [0.25, 0.3) is 11.5 Å². The normalized spacial score (nSPS) is 15.8. The Balaban J connectivity index is 1.78. The van der Waals surface area contributed by atoms with Gasteiger partial charge in [-0.1, -0.05) is 12.1 Å². The number of hydrogen-bond acceptors (Lipinski definition) is 6. The Morgan fingerprint density at radius 3 is 2.76 bits per heavy atom. The van der Waals surface area contributed by atoms with Gasteiger partial charge < -0.3 is 14.8 Å².